The minimum atomic E-state index is -0.439. The normalized spacial score (nSPS) is 17.2. The summed E-state index contributed by atoms with van der Waals surface area (Å²) >= 11 is 0. The molecule has 2 rings (SSSR count). The molecule has 0 aliphatic carbocycles. The zero-order valence-corrected chi connectivity index (χ0v) is 12.5. The number of rotatable bonds is 3. The maximum atomic E-state index is 11.3. The van der Waals surface area contributed by atoms with E-state index in [0.29, 0.717) is 6.42 Å². The molecular weight excluding hydrogens is 254 g/mol. The fraction of sp³-hybridized carbons (Fsp3) is 0.600. The highest BCUT2D eigenvalue weighted by molar-refractivity contribution is 5.73. The predicted molar refractivity (Wildman–Crippen MR) is 78.7 cm³/mol. The third-order valence-electron chi connectivity index (χ3n) is 3.93. The highest BCUT2D eigenvalue weighted by atomic mass is 16.3. The number of aryl methyl sites for hydroxylation is 1. The van der Waals surface area contributed by atoms with Gasteiger partial charge in [-0.2, -0.15) is 0 Å². The first-order valence-corrected chi connectivity index (χ1v) is 7.18. The summed E-state index contributed by atoms with van der Waals surface area (Å²) in [4.78, 5) is 19.8. The number of hydrogen-bond donors (Lipinski definition) is 1. The Balaban J connectivity index is 2.07. The van der Waals surface area contributed by atoms with Crippen molar-refractivity contribution >= 4 is 11.7 Å². The van der Waals surface area contributed by atoms with Crippen LogP contribution in [0.2, 0.25) is 0 Å². The number of aliphatic hydroxyl groups excluding tert-OH is 1. The standard InChI is InChI=1S/C15H23N3O2/c1-4-14(20)13-10-16-15(9-11(13)2)18-7-5-17(6-8-18)12(3)19/h9-10,14,20H,4-8H2,1-3H3/t14-/m1/s1. The van der Waals surface area contributed by atoms with Gasteiger partial charge in [-0.15, -0.1) is 0 Å². The highest BCUT2D eigenvalue weighted by Gasteiger charge is 2.20. The van der Waals surface area contributed by atoms with Gasteiger partial charge in [-0.1, -0.05) is 6.92 Å². The number of hydrogen-bond acceptors (Lipinski definition) is 4. The molecule has 0 saturated carbocycles. The fourth-order valence-corrected chi connectivity index (χ4v) is 2.54. The van der Waals surface area contributed by atoms with Gasteiger partial charge in [0.15, 0.2) is 0 Å². The molecule has 0 spiro atoms. The molecule has 1 atom stereocenters. The van der Waals surface area contributed by atoms with Gasteiger partial charge in [0, 0.05) is 44.9 Å². The van der Waals surface area contributed by atoms with E-state index in [0.717, 1.165) is 43.1 Å². The van der Waals surface area contributed by atoms with Gasteiger partial charge in [-0.25, -0.2) is 4.98 Å². The zero-order chi connectivity index (χ0) is 14.7. The molecule has 1 fully saturated rings. The number of piperazine rings is 1. The summed E-state index contributed by atoms with van der Waals surface area (Å²) in [5, 5.41) is 9.91. The van der Waals surface area contributed by atoms with Crippen LogP contribution in [0, 0.1) is 6.92 Å². The van der Waals surface area contributed by atoms with Crippen LogP contribution in [-0.4, -0.2) is 47.1 Å². The second-order valence-electron chi connectivity index (χ2n) is 5.32. The van der Waals surface area contributed by atoms with E-state index in [9.17, 15) is 9.90 Å². The van der Waals surface area contributed by atoms with Gasteiger partial charge in [-0.3, -0.25) is 4.79 Å². The minimum absolute atomic E-state index is 0.134. The molecule has 1 aliphatic rings. The van der Waals surface area contributed by atoms with Gasteiger partial charge in [0.05, 0.1) is 6.10 Å². The number of carbonyl (C=O) groups is 1. The monoisotopic (exact) mass is 277 g/mol. The Hall–Kier alpha value is -1.62. The molecule has 0 aromatic carbocycles. The Labute approximate surface area is 120 Å². The first-order valence-electron chi connectivity index (χ1n) is 7.18. The molecule has 2 heterocycles. The maximum Gasteiger partial charge on any atom is 0.219 e. The third-order valence-corrected chi connectivity index (χ3v) is 3.93. The number of amides is 1. The van der Waals surface area contributed by atoms with E-state index >= 15 is 0 Å². The number of aromatic nitrogens is 1. The van der Waals surface area contributed by atoms with Crippen LogP contribution in [0.4, 0.5) is 5.82 Å². The van der Waals surface area contributed by atoms with Crippen molar-refractivity contribution in [3.05, 3.63) is 23.4 Å². The van der Waals surface area contributed by atoms with Gasteiger partial charge in [0.1, 0.15) is 5.82 Å². The van der Waals surface area contributed by atoms with Crippen molar-refractivity contribution in [2.45, 2.75) is 33.3 Å². The highest BCUT2D eigenvalue weighted by Crippen LogP contribution is 2.23. The van der Waals surface area contributed by atoms with Gasteiger partial charge in [0.25, 0.3) is 0 Å². The lowest BCUT2D eigenvalue weighted by atomic mass is 10.0. The second kappa shape index (κ2) is 6.22. The molecule has 5 heteroatoms. The summed E-state index contributed by atoms with van der Waals surface area (Å²) in [7, 11) is 0. The topological polar surface area (TPSA) is 56.7 Å². The molecule has 110 valence electrons. The lowest BCUT2D eigenvalue weighted by molar-refractivity contribution is -0.129. The third kappa shape index (κ3) is 3.10. The van der Waals surface area contributed by atoms with Crippen molar-refractivity contribution in [2.75, 3.05) is 31.1 Å². The van der Waals surface area contributed by atoms with E-state index in [1.165, 1.54) is 0 Å². The quantitative estimate of drug-likeness (QED) is 0.909. The van der Waals surface area contributed by atoms with E-state index in [-0.39, 0.29) is 5.91 Å². The first-order chi connectivity index (χ1) is 9.52. The van der Waals surface area contributed by atoms with Gasteiger partial charge in [0.2, 0.25) is 5.91 Å². The number of nitrogens with zero attached hydrogens (tertiary/aromatic N) is 3. The molecule has 20 heavy (non-hydrogen) atoms. The first kappa shape index (κ1) is 14.8. The summed E-state index contributed by atoms with van der Waals surface area (Å²) < 4.78 is 0. The molecular formula is C15H23N3O2. The van der Waals surface area contributed by atoms with Crippen LogP contribution < -0.4 is 4.90 Å². The Morgan fingerprint density at radius 3 is 2.55 bits per heavy atom. The molecule has 1 aromatic heterocycles. The summed E-state index contributed by atoms with van der Waals surface area (Å²) in [6, 6.07) is 2.03. The Kier molecular flexibility index (Phi) is 4.60. The number of anilines is 1. The molecule has 1 aromatic rings. The van der Waals surface area contributed by atoms with E-state index in [1.807, 2.05) is 24.8 Å². The predicted octanol–water partition coefficient (Wildman–Crippen LogP) is 1.50. The van der Waals surface area contributed by atoms with Crippen LogP contribution in [0.5, 0.6) is 0 Å². The van der Waals surface area contributed by atoms with Gasteiger partial charge >= 0.3 is 0 Å². The van der Waals surface area contributed by atoms with Crippen molar-refractivity contribution in [1.82, 2.24) is 9.88 Å². The van der Waals surface area contributed by atoms with Crippen LogP contribution in [0.25, 0.3) is 0 Å². The van der Waals surface area contributed by atoms with E-state index in [2.05, 4.69) is 9.88 Å². The van der Waals surface area contributed by atoms with Crippen LogP contribution >= 0.6 is 0 Å². The van der Waals surface area contributed by atoms with Crippen molar-refractivity contribution in [3.63, 3.8) is 0 Å². The zero-order valence-electron chi connectivity index (χ0n) is 12.5. The number of pyridine rings is 1. The molecule has 1 aliphatic heterocycles. The van der Waals surface area contributed by atoms with Crippen molar-refractivity contribution < 1.29 is 9.90 Å². The molecule has 0 unspecified atom stereocenters. The molecule has 1 saturated heterocycles. The van der Waals surface area contributed by atoms with Crippen molar-refractivity contribution in [3.8, 4) is 0 Å². The second-order valence-corrected chi connectivity index (χ2v) is 5.32. The molecule has 1 amide bonds. The van der Waals surface area contributed by atoms with Crippen molar-refractivity contribution in [1.29, 1.82) is 0 Å². The van der Waals surface area contributed by atoms with E-state index < -0.39 is 6.10 Å². The molecule has 1 N–H and O–H groups in total. The lowest BCUT2D eigenvalue weighted by Gasteiger charge is -2.35. The summed E-state index contributed by atoms with van der Waals surface area (Å²) in [6.07, 6.45) is 2.03. The summed E-state index contributed by atoms with van der Waals surface area (Å²) in [6.45, 7) is 8.68. The van der Waals surface area contributed by atoms with Crippen LogP contribution in [0.3, 0.4) is 0 Å². The Morgan fingerprint density at radius 2 is 2.05 bits per heavy atom. The van der Waals surface area contributed by atoms with E-state index in [1.54, 1.807) is 13.1 Å². The van der Waals surface area contributed by atoms with E-state index in [4.69, 9.17) is 0 Å². The maximum absolute atomic E-state index is 11.3. The smallest absolute Gasteiger partial charge is 0.219 e. The molecule has 0 radical (unpaired) electrons. The molecule has 0 bridgehead atoms. The van der Waals surface area contributed by atoms with Crippen LogP contribution in [-0.2, 0) is 4.79 Å². The average Bonchev–Trinajstić information content (AvgIpc) is 2.46. The van der Waals surface area contributed by atoms with Gasteiger partial charge in [-0.05, 0) is 25.0 Å². The van der Waals surface area contributed by atoms with Gasteiger partial charge < -0.3 is 14.9 Å². The lowest BCUT2D eigenvalue weighted by Crippen LogP contribution is -2.48. The largest absolute Gasteiger partial charge is 0.388 e. The Morgan fingerprint density at radius 1 is 1.40 bits per heavy atom. The summed E-state index contributed by atoms with van der Waals surface area (Å²) in [5.74, 6) is 1.06. The molecule has 5 nitrogen and oxygen atoms in total. The SMILES string of the molecule is CC[C@@H](O)c1cnc(N2CCN(C(C)=O)CC2)cc1C. The minimum Gasteiger partial charge on any atom is -0.388 e. The van der Waals surface area contributed by atoms with Crippen LogP contribution in [0.1, 0.15) is 37.5 Å². The number of aliphatic hydroxyl groups is 1. The van der Waals surface area contributed by atoms with Crippen molar-refractivity contribution in [2.24, 2.45) is 0 Å². The fourth-order valence-electron chi connectivity index (χ4n) is 2.54. The Bertz CT molecular complexity index is 482. The number of carbonyl (C=O) groups excluding carboxylic acids is 1. The summed E-state index contributed by atoms with van der Waals surface area (Å²) in [5.41, 5.74) is 1.97. The van der Waals surface area contributed by atoms with Crippen LogP contribution in [0.15, 0.2) is 12.3 Å². The average molecular weight is 277 g/mol.